The van der Waals surface area contributed by atoms with Crippen molar-refractivity contribution in [1.29, 1.82) is 0 Å². The van der Waals surface area contributed by atoms with E-state index in [0.717, 1.165) is 44.7 Å². The van der Waals surface area contributed by atoms with Crippen molar-refractivity contribution in [3.8, 4) is 0 Å². The number of carbonyl (C=O) groups is 1. The molecule has 1 amide bonds. The van der Waals surface area contributed by atoms with E-state index in [1.807, 2.05) is 12.1 Å². The first-order valence-corrected chi connectivity index (χ1v) is 11.5. The Balaban J connectivity index is 1.29. The van der Waals surface area contributed by atoms with Crippen molar-refractivity contribution in [3.05, 3.63) is 101 Å². The molecular formula is C27H30N4O. The molecular weight excluding hydrogens is 396 g/mol. The van der Waals surface area contributed by atoms with E-state index in [4.69, 9.17) is 0 Å². The number of aromatic nitrogens is 1. The second-order valence-electron chi connectivity index (χ2n) is 9.05. The zero-order chi connectivity index (χ0) is 21.8. The van der Waals surface area contributed by atoms with Crippen LogP contribution in [-0.4, -0.2) is 45.9 Å². The highest BCUT2D eigenvalue weighted by Crippen LogP contribution is 2.27. The molecule has 0 unspecified atom stereocenters. The van der Waals surface area contributed by atoms with Crippen molar-refractivity contribution in [2.24, 2.45) is 0 Å². The standard InChI is InChI=1S/C27H30N4O/c32-27(13-22-9-6-12-28-15-22)29-25-14-26-20-30(16-21-7-2-1-3-8-21)17-23-10-4-5-11-24(23)18-31(26)19-25/h1-12,15,25-26H,13-14,16-20H2,(H,29,32)/t25-,26-/m0/s1. The van der Waals surface area contributed by atoms with Crippen LogP contribution in [0.4, 0.5) is 0 Å². The average Bonchev–Trinajstić information content (AvgIpc) is 3.14. The smallest absolute Gasteiger partial charge is 0.224 e. The first-order valence-electron chi connectivity index (χ1n) is 11.5. The molecule has 164 valence electrons. The van der Waals surface area contributed by atoms with Crippen LogP contribution in [0.5, 0.6) is 0 Å². The Morgan fingerprint density at radius 3 is 2.44 bits per heavy atom. The van der Waals surface area contributed by atoms with Gasteiger partial charge in [-0.15, -0.1) is 0 Å². The quantitative estimate of drug-likeness (QED) is 0.679. The average molecular weight is 427 g/mol. The number of hydrogen-bond acceptors (Lipinski definition) is 4. The number of benzene rings is 2. The number of rotatable bonds is 5. The maximum atomic E-state index is 12.6. The largest absolute Gasteiger partial charge is 0.352 e. The van der Waals surface area contributed by atoms with Crippen LogP contribution in [0.2, 0.25) is 0 Å². The summed E-state index contributed by atoms with van der Waals surface area (Å²) in [6.07, 6.45) is 4.88. The number of amides is 1. The van der Waals surface area contributed by atoms with Gasteiger partial charge in [0.2, 0.25) is 5.91 Å². The lowest BCUT2D eigenvalue weighted by molar-refractivity contribution is -0.121. The summed E-state index contributed by atoms with van der Waals surface area (Å²) in [6, 6.07) is 24.0. The molecule has 0 spiro atoms. The van der Waals surface area contributed by atoms with E-state index in [0.29, 0.717) is 12.5 Å². The van der Waals surface area contributed by atoms with Crippen molar-refractivity contribution in [2.45, 2.75) is 44.6 Å². The molecule has 0 saturated carbocycles. The van der Waals surface area contributed by atoms with Gasteiger partial charge in [-0.05, 0) is 34.7 Å². The first kappa shape index (κ1) is 20.9. The molecule has 1 fully saturated rings. The van der Waals surface area contributed by atoms with Gasteiger partial charge in [0, 0.05) is 57.2 Å². The van der Waals surface area contributed by atoms with E-state index in [9.17, 15) is 4.79 Å². The van der Waals surface area contributed by atoms with Gasteiger partial charge in [-0.2, -0.15) is 0 Å². The van der Waals surface area contributed by atoms with Crippen molar-refractivity contribution in [2.75, 3.05) is 13.1 Å². The monoisotopic (exact) mass is 426 g/mol. The van der Waals surface area contributed by atoms with Crippen LogP contribution in [0, 0.1) is 0 Å². The summed E-state index contributed by atoms with van der Waals surface area (Å²) in [5.74, 6) is 0.0833. The van der Waals surface area contributed by atoms with Gasteiger partial charge in [-0.1, -0.05) is 60.7 Å². The van der Waals surface area contributed by atoms with Gasteiger partial charge in [-0.3, -0.25) is 19.6 Å². The van der Waals surface area contributed by atoms with E-state index in [2.05, 4.69) is 74.7 Å². The van der Waals surface area contributed by atoms with E-state index in [-0.39, 0.29) is 11.9 Å². The second-order valence-corrected chi connectivity index (χ2v) is 9.05. The maximum absolute atomic E-state index is 12.6. The lowest BCUT2D eigenvalue weighted by atomic mass is 10.0. The summed E-state index contributed by atoms with van der Waals surface area (Å²) in [4.78, 5) is 21.9. The minimum Gasteiger partial charge on any atom is -0.352 e. The molecule has 5 nitrogen and oxygen atoms in total. The van der Waals surface area contributed by atoms with Crippen LogP contribution in [0.3, 0.4) is 0 Å². The molecule has 3 heterocycles. The molecule has 5 heteroatoms. The van der Waals surface area contributed by atoms with E-state index in [1.165, 1.54) is 16.7 Å². The van der Waals surface area contributed by atoms with E-state index >= 15 is 0 Å². The highest BCUT2D eigenvalue weighted by atomic mass is 16.1. The third-order valence-electron chi connectivity index (χ3n) is 6.58. The minimum atomic E-state index is 0.0833. The summed E-state index contributed by atoms with van der Waals surface area (Å²) in [7, 11) is 0. The summed E-state index contributed by atoms with van der Waals surface area (Å²) in [5.41, 5.74) is 5.11. The third kappa shape index (κ3) is 5.06. The molecule has 2 aliphatic rings. The molecule has 3 aromatic rings. The summed E-state index contributed by atoms with van der Waals surface area (Å²) >= 11 is 0. The SMILES string of the molecule is O=C(Cc1cccnc1)N[C@H]1C[C@H]2CN(Cc3ccccc3)Cc3ccccc3CN2C1. The molecule has 2 aromatic carbocycles. The Morgan fingerprint density at radius 1 is 0.906 bits per heavy atom. The molecule has 1 saturated heterocycles. The molecule has 1 aromatic heterocycles. The van der Waals surface area contributed by atoms with Gasteiger partial charge in [-0.25, -0.2) is 0 Å². The van der Waals surface area contributed by atoms with Crippen LogP contribution in [0.25, 0.3) is 0 Å². The molecule has 5 rings (SSSR count). The number of nitrogens with zero attached hydrogens (tertiary/aromatic N) is 3. The normalized spacial score (nSPS) is 21.2. The maximum Gasteiger partial charge on any atom is 0.224 e. The third-order valence-corrected chi connectivity index (χ3v) is 6.58. The first-order chi connectivity index (χ1) is 15.7. The molecule has 0 radical (unpaired) electrons. The van der Waals surface area contributed by atoms with Gasteiger partial charge < -0.3 is 5.32 Å². The van der Waals surface area contributed by atoms with Gasteiger partial charge in [0.1, 0.15) is 0 Å². The number of pyridine rings is 1. The van der Waals surface area contributed by atoms with Crippen LogP contribution in [0.1, 0.15) is 28.7 Å². The number of hydrogen-bond donors (Lipinski definition) is 1. The number of nitrogens with one attached hydrogen (secondary N) is 1. The number of carbonyl (C=O) groups excluding carboxylic acids is 1. The van der Waals surface area contributed by atoms with Crippen LogP contribution >= 0.6 is 0 Å². The van der Waals surface area contributed by atoms with Gasteiger partial charge >= 0.3 is 0 Å². The molecule has 0 aliphatic carbocycles. The fraction of sp³-hybridized carbons (Fsp3) is 0.333. The number of fused-ring (bicyclic) bond motifs is 2. The van der Waals surface area contributed by atoms with Crippen LogP contribution < -0.4 is 5.32 Å². The topological polar surface area (TPSA) is 48.5 Å². The van der Waals surface area contributed by atoms with Crippen molar-refractivity contribution < 1.29 is 4.79 Å². The summed E-state index contributed by atoms with van der Waals surface area (Å²) in [5, 5.41) is 3.29. The van der Waals surface area contributed by atoms with Crippen LogP contribution in [-0.2, 0) is 30.8 Å². The lowest BCUT2D eigenvalue weighted by Gasteiger charge is -2.34. The van der Waals surface area contributed by atoms with Crippen LogP contribution in [0.15, 0.2) is 79.1 Å². The Labute approximate surface area is 190 Å². The molecule has 1 N–H and O–H groups in total. The molecule has 2 atom stereocenters. The fourth-order valence-electron chi connectivity index (χ4n) is 5.09. The zero-order valence-electron chi connectivity index (χ0n) is 18.4. The molecule has 0 bridgehead atoms. The predicted octanol–water partition coefficient (Wildman–Crippen LogP) is 3.40. The van der Waals surface area contributed by atoms with Gasteiger partial charge in [0.25, 0.3) is 0 Å². The lowest BCUT2D eigenvalue weighted by Crippen LogP contribution is -2.42. The Bertz CT molecular complexity index is 1040. The predicted molar refractivity (Wildman–Crippen MR) is 126 cm³/mol. The Kier molecular flexibility index (Phi) is 6.28. The minimum absolute atomic E-state index is 0.0833. The molecule has 2 aliphatic heterocycles. The van der Waals surface area contributed by atoms with E-state index < -0.39 is 0 Å². The van der Waals surface area contributed by atoms with Gasteiger partial charge in [0.05, 0.1) is 6.42 Å². The Hall–Kier alpha value is -3.02. The fourth-order valence-corrected chi connectivity index (χ4v) is 5.09. The zero-order valence-corrected chi connectivity index (χ0v) is 18.4. The molecule has 32 heavy (non-hydrogen) atoms. The van der Waals surface area contributed by atoms with Crippen molar-refractivity contribution >= 4 is 5.91 Å². The summed E-state index contributed by atoms with van der Waals surface area (Å²) in [6.45, 7) is 4.77. The second kappa shape index (κ2) is 9.63. The highest BCUT2D eigenvalue weighted by molar-refractivity contribution is 5.78. The van der Waals surface area contributed by atoms with E-state index in [1.54, 1.807) is 12.4 Å². The summed E-state index contributed by atoms with van der Waals surface area (Å²) < 4.78 is 0. The highest BCUT2D eigenvalue weighted by Gasteiger charge is 2.35. The Morgan fingerprint density at radius 2 is 1.66 bits per heavy atom. The van der Waals surface area contributed by atoms with Crippen molar-refractivity contribution in [1.82, 2.24) is 20.1 Å². The van der Waals surface area contributed by atoms with Crippen molar-refractivity contribution in [3.63, 3.8) is 0 Å². The van der Waals surface area contributed by atoms with Gasteiger partial charge in [0.15, 0.2) is 0 Å².